The van der Waals surface area contributed by atoms with Crippen LogP contribution in [0.3, 0.4) is 0 Å². The number of rotatable bonds is 6. The topological polar surface area (TPSA) is 113 Å². The predicted octanol–water partition coefficient (Wildman–Crippen LogP) is -1.08. The van der Waals surface area contributed by atoms with Crippen LogP contribution in [0.25, 0.3) is 0 Å². The maximum atomic E-state index is 11.9. The van der Waals surface area contributed by atoms with Crippen molar-refractivity contribution in [3.05, 3.63) is 0 Å². The summed E-state index contributed by atoms with van der Waals surface area (Å²) in [5.41, 5.74) is 0. The van der Waals surface area contributed by atoms with E-state index in [0.717, 1.165) is 0 Å². The van der Waals surface area contributed by atoms with Crippen LogP contribution >= 0.6 is 0 Å². The maximum absolute atomic E-state index is 11.9. The molecule has 0 spiro atoms. The molecule has 0 unspecified atom stereocenters. The van der Waals surface area contributed by atoms with Gasteiger partial charge in [0.25, 0.3) is 0 Å². The Morgan fingerprint density at radius 3 is 2.47 bits per heavy atom. The van der Waals surface area contributed by atoms with Gasteiger partial charge >= 0.3 is 5.97 Å². The lowest BCUT2D eigenvalue weighted by atomic mass is 10.2. The highest BCUT2D eigenvalue weighted by molar-refractivity contribution is 7.90. The van der Waals surface area contributed by atoms with Gasteiger partial charge in [0.2, 0.25) is 10.0 Å². The molecule has 0 saturated carbocycles. The lowest BCUT2D eigenvalue weighted by Gasteiger charge is -2.24. The molecule has 8 heteroatoms. The molecule has 17 heavy (non-hydrogen) atoms. The Kier molecular flexibility index (Phi) is 5.31. The average molecular weight is 267 g/mol. The monoisotopic (exact) mass is 267 g/mol. The highest BCUT2D eigenvalue weighted by Gasteiger charge is 2.31. The van der Waals surface area contributed by atoms with E-state index in [1.165, 1.54) is 0 Å². The lowest BCUT2D eigenvalue weighted by molar-refractivity contribution is -0.139. The molecule has 100 valence electrons. The molecular weight excluding hydrogens is 250 g/mol. The van der Waals surface area contributed by atoms with Crippen molar-refractivity contribution < 1.29 is 28.2 Å². The third kappa shape index (κ3) is 4.23. The summed E-state index contributed by atoms with van der Waals surface area (Å²) in [4.78, 5) is 10.8. The van der Waals surface area contributed by atoms with Crippen molar-refractivity contribution >= 4 is 16.0 Å². The largest absolute Gasteiger partial charge is 0.480 e. The molecule has 0 aromatic carbocycles. The van der Waals surface area contributed by atoms with Crippen LogP contribution in [-0.2, 0) is 19.6 Å². The van der Waals surface area contributed by atoms with Gasteiger partial charge in [-0.05, 0) is 19.3 Å². The first kappa shape index (κ1) is 14.4. The van der Waals surface area contributed by atoms with E-state index < -0.39 is 27.3 Å². The van der Waals surface area contributed by atoms with Gasteiger partial charge in [0.05, 0.1) is 5.25 Å². The van der Waals surface area contributed by atoms with Gasteiger partial charge < -0.3 is 14.9 Å². The number of hydrogen-bond donors (Lipinski definition) is 3. The number of carboxylic acid groups (broad SMARTS) is 1. The summed E-state index contributed by atoms with van der Waals surface area (Å²) < 4.78 is 30.9. The second-order valence-electron chi connectivity index (χ2n) is 3.88. The summed E-state index contributed by atoms with van der Waals surface area (Å²) in [5.74, 6) is -1.28. The molecule has 1 aliphatic heterocycles. The van der Waals surface area contributed by atoms with Gasteiger partial charge in [0, 0.05) is 19.8 Å². The Bertz CT molecular complexity index is 348. The molecule has 3 N–H and O–H groups in total. The van der Waals surface area contributed by atoms with Crippen molar-refractivity contribution in [3.63, 3.8) is 0 Å². The first-order chi connectivity index (χ1) is 7.97. The molecule has 0 aromatic rings. The zero-order valence-corrected chi connectivity index (χ0v) is 10.1. The second kappa shape index (κ2) is 6.29. The highest BCUT2D eigenvalue weighted by Crippen LogP contribution is 2.15. The van der Waals surface area contributed by atoms with Gasteiger partial charge in [-0.2, -0.15) is 0 Å². The van der Waals surface area contributed by atoms with Crippen molar-refractivity contribution in [2.45, 2.75) is 30.6 Å². The summed E-state index contributed by atoms with van der Waals surface area (Å²) in [6.45, 7) is 0.347. The Balaban J connectivity index is 2.65. The van der Waals surface area contributed by atoms with E-state index in [2.05, 4.69) is 4.72 Å². The van der Waals surface area contributed by atoms with E-state index in [-0.39, 0.29) is 13.0 Å². The fourth-order valence-corrected chi connectivity index (χ4v) is 3.26. The van der Waals surface area contributed by atoms with E-state index >= 15 is 0 Å². The Morgan fingerprint density at radius 1 is 1.41 bits per heavy atom. The van der Waals surface area contributed by atoms with E-state index in [1.54, 1.807) is 0 Å². The average Bonchev–Trinajstić information content (AvgIpc) is 2.29. The molecule has 7 nitrogen and oxygen atoms in total. The number of sulfonamides is 1. The van der Waals surface area contributed by atoms with E-state index in [9.17, 15) is 13.2 Å². The van der Waals surface area contributed by atoms with Crippen molar-refractivity contribution in [2.75, 3.05) is 19.8 Å². The van der Waals surface area contributed by atoms with Crippen LogP contribution in [0.4, 0.5) is 0 Å². The minimum Gasteiger partial charge on any atom is -0.480 e. The number of carbonyl (C=O) groups is 1. The summed E-state index contributed by atoms with van der Waals surface area (Å²) in [6, 6.07) is -1.27. The zero-order chi connectivity index (χ0) is 12.9. The summed E-state index contributed by atoms with van der Waals surface area (Å²) in [7, 11) is -3.67. The molecule has 0 aliphatic carbocycles. The van der Waals surface area contributed by atoms with Crippen molar-refractivity contribution in [1.29, 1.82) is 0 Å². The third-order valence-electron chi connectivity index (χ3n) is 2.63. The van der Waals surface area contributed by atoms with Crippen molar-refractivity contribution in [3.8, 4) is 0 Å². The normalized spacial score (nSPS) is 20.1. The maximum Gasteiger partial charge on any atom is 0.321 e. The Labute approximate surface area is 99.8 Å². The molecule has 0 radical (unpaired) electrons. The van der Waals surface area contributed by atoms with E-state index in [1.807, 2.05) is 0 Å². The van der Waals surface area contributed by atoms with Crippen molar-refractivity contribution in [2.24, 2.45) is 0 Å². The van der Waals surface area contributed by atoms with Gasteiger partial charge in [-0.15, -0.1) is 0 Å². The summed E-state index contributed by atoms with van der Waals surface area (Å²) in [6.07, 6.45) is 0.583. The van der Waals surface area contributed by atoms with E-state index in [4.69, 9.17) is 14.9 Å². The van der Waals surface area contributed by atoms with Gasteiger partial charge in [-0.1, -0.05) is 0 Å². The molecular formula is C9H17NO6S. The molecule has 1 aliphatic rings. The van der Waals surface area contributed by atoms with Crippen LogP contribution in [0.2, 0.25) is 0 Å². The third-order valence-corrected chi connectivity index (χ3v) is 4.59. The Hall–Kier alpha value is -0.700. The van der Waals surface area contributed by atoms with Gasteiger partial charge in [-0.3, -0.25) is 4.79 Å². The fraction of sp³-hybridized carbons (Fsp3) is 0.889. The molecule has 1 rings (SSSR count). The standard InChI is InChI=1S/C9H17NO6S/c11-4-1-8(9(12)13)10-17(14,15)7-2-5-16-6-3-7/h7-8,10-11H,1-6H2,(H,12,13)/t8-/m0/s1. The lowest BCUT2D eigenvalue weighted by Crippen LogP contribution is -2.46. The number of aliphatic carboxylic acids is 1. The van der Waals surface area contributed by atoms with Crippen LogP contribution in [-0.4, -0.2) is 55.7 Å². The molecule has 0 bridgehead atoms. The zero-order valence-electron chi connectivity index (χ0n) is 9.33. The Morgan fingerprint density at radius 2 is 2.00 bits per heavy atom. The molecule has 0 aromatic heterocycles. The minimum absolute atomic E-state index is 0.141. The smallest absolute Gasteiger partial charge is 0.321 e. The van der Waals surface area contributed by atoms with Gasteiger partial charge in [0.1, 0.15) is 6.04 Å². The van der Waals surface area contributed by atoms with Gasteiger partial charge in [-0.25, -0.2) is 13.1 Å². The molecule has 1 atom stereocenters. The van der Waals surface area contributed by atoms with Crippen molar-refractivity contribution in [1.82, 2.24) is 4.72 Å². The first-order valence-electron chi connectivity index (χ1n) is 5.40. The van der Waals surface area contributed by atoms with Gasteiger partial charge in [0.15, 0.2) is 0 Å². The highest BCUT2D eigenvalue weighted by atomic mass is 32.2. The van der Waals surface area contributed by atoms with Crippen LogP contribution in [0.5, 0.6) is 0 Å². The number of aliphatic hydroxyl groups excluding tert-OH is 1. The molecule has 1 heterocycles. The number of hydrogen-bond acceptors (Lipinski definition) is 5. The van der Waals surface area contributed by atoms with E-state index in [0.29, 0.717) is 26.1 Å². The minimum atomic E-state index is -3.67. The molecule has 0 amide bonds. The fourth-order valence-electron chi connectivity index (χ4n) is 1.64. The second-order valence-corrected chi connectivity index (χ2v) is 5.87. The summed E-state index contributed by atoms with van der Waals surface area (Å²) in [5, 5.41) is 16.9. The van der Waals surface area contributed by atoms with Crippen LogP contribution in [0, 0.1) is 0 Å². The SMILES string of the molecule is O=C(O)[C@H](CCO)NS(=O)(=O)C1CCOCC1. The van der Waals surface area contributed by atoms with Crippen LogP contribution < -0.4 is 4.72 Å². The number of nitrogens with one attached hydrogen (secondary N) is 1. The number of ether oxygens (including phenoxy) is 1. The molecule has 1 fully saturated rings. The van der Waals surface area contributed by atoms with Crippen LogP contribution in [0.15, 0.2) is 0 Å². The number of carboxylic acids is 1. The first-order valence-corrected chi connectivity index (χ1v) is 6.94. The predicted molar refractivity (Wildman–Crippen MR) is 59.0 cm³/mol. The number of aliphatic hydroxyl groups is 1. The summed E-state index contributed by atoms with van der Waals surface area (Å²) >= 11 is 0. The quantitative estimate of drug-likeness (QED) is 0.564. The molecule has 1 saturated heterocycles. The van der Waals surface area contributed by atoms with Crippen LogP contribution in [0.1, 0.15) is 19.3 Å².